The minimum absolute atomic E-state index is 0.303. The molecule has 0 aromatic carbocycles. The van der Waals surface area contributed by atoms with Gasteiger partial charge in [0.25, 0.3) is 0 Å². The van der Waals surface area contributed by atoms with E-state index in [0.717, 1.165) is 0 Å². The van der Waals surface area contributed by atoms with Crippen molar-refractivity contribution in [2.24, 2.45) is 0 Å². The Hall–Kier alpha value is -0.280. The van der Waals surface area contributed by atoms with E-state index in [1.54, 1.807) is 0 Å². The van der Waals surface area contributed by atoms with Gasteiger partial charge in [-0.2, -0.15) is 0 Å². The fourth-order valence-electron chi connectivity index (χ4n) is 2.43. The Morgan fingerprint density at radius 1 is 0.440 bits per heavy atom. The molecule has 0 radical (unpaired) electrons. The zero-order valence-corrected chi connectivity index (χ0v) is 17.0. The van der Waals surface area contributed by atoms with E-state index in [2.05, 4.69) is 4.90 Å². The van der Waals surface area contributed by atoms with Crippen LogP contribution < -0.4 is 0 Å². The molecule has 0 saturated carbocycles. The molecule has 0 aliphatic carbocycles. The summed E-state index contributed by atoms with van der Waals surface area (Å²) in [4.78, 5) is 2.15. The molecule has 0 saturated heterocycles. The Kier molecular flexibility index (Phi) is 17.0. The summed E-state index contributed by atoms with van der Waals surface area (Å²) in [6.45, 7) is 17.1. The van der Waals surface area contributed by atoms with Gasteiger partial charge >= 0.3 is 0 Å². The van der Waals surface area contributed by atoms with E-state index in [1.807, 2.05) is 41.5 Å². The van der Waals surface area contributed by atoms with Crippen molar-refractivity contribution in [2.45, 2.75) is 60.4 Å². The zero-order valence-electron chi connectivity index (χ0n) is 17.0. The van der Waals surface area contributed by atoms with Crippen LogP contribution in [0.4, 0.5) is 0 Å². The summed E-state index contributed by atoms with van der Waals surface area (Å²) in [6, 6.07) is 0. The molecule has 0 unspecified atom stereocenters. The summed E-state index contributed by atoms with van der Waals surface area (Å²) in [5.74, 6) is 0. The maximum atomic E-state index is 5.69. The predicted molar refractivity (Wildman–Crippen MR) is 97.6 cm³/mol. The van der Waals surface area contributed by atoms with E-state index in [1.165, 1.54) is 0 Å². The number of rotatable bonds is 18. The number of nitrogens with zero attached hydrogens (tertiary/aromatic N) is 1. The molecular formula is C18H39NO6. The van der Waals surface area contributed by atoms with Gasteiger partial charge in [0, 0.05) is 59.3 Å². The molecule has 152 valence electrons. The van der Waals surface area contributed by atoms with Crippen LogP contribution in [0.25, 0.3) is 0 Å². The molecular weight excluding hydrogens is 326 g/mol. The van der Waals surface area contributed by atoms with Crippen molar-refractivity contribution < 1.29 is 28.4 Å². The number of hydrogen-bond donors (Lipinski definition) is 0. The molecule has 0 atom stereocenters. The summed E-state index contributed by atoms with van der Waals surface area (Å²) in [6.07, 6.45) is -0.909. The van der Waals surface area contributed by atoms with Crippen LogP contribution in [0.1, 0.15) is 41.5 Å². The first kappa shape index (κ1) is 24.7. The van der Waals surface area contributed by atoms with E-state index >= 15 is 0 Å². The Bertz CT molecular complexity index is 221. The lowest BCUT2D eigenvalue weighted by molar-refractivity contribution is -0.192. The van der Waals surface area contributed by atoms with Gasteiger partial charge in [0.1, 0.15) is 0 Å². The average molecular weight is 366 g/mol. The molecule has 0 aliphatic rings. The van der Waals surface area contributed by atoms with Crippen LogP contribution >= 0.6 is 0 Å². The molecule has 0 rings (SSSR count). The van der Waals surface area contributed by atoms with Crippen molar-refractivity contribution in [2.75, 3.05) is 59.3 Å². The van der Waals surface area contributed by atoms with Crippen LogP contribution in [-0.4, -0.2) is 83.0 Å². The van der Waals surface area contributed by atoms with Crippen LogP contribution in [0.5, 0.6) is 0 Å². The van der Waals surface area contributed by atoms with Crippen molar-refractivity contribution in [1.29, 1.82) is 0 Å². The second kappa shape index (κ2) is 17.1. The monoisotopic (exact) mass is 365 g/mol. The van der Waals surface area contributed by atoms with E-state index < -0.39 is 0 Å². The van der Waals surface area contributed by atoms with Gasteiger partial charge in [-0.25, -0.2) is 0 Å². The van der Waals surface area contributed by atoms with Gasteiger partial charge in [0.15, 0.2) is 18.9 Å². The van der Waals surface area contributed by atoms with Gasteiger partial charge in [0.2, 0.25) is 0 Å². The van der Waals surface area contributed by atoms with Crippen molar-refractivity contribution in [1.82, 2.24) is 4.90 Å². The van der Waals surface area contributed by atoms with E-state index in [9.17, 15) is 0 Å². The van der Waals surface area contributed by atoms with E-state index in [0.29, 0.717) is 59.3 Å². The van der Waals surface area contributed by atoms with Gasteiger partial charge in [-0.3, -0.25) is 4.90 Å². The van der Waals surface area contributed by atoms with Gasteiger partial charge in [-0.05, 0) is 41.5 Å². The van der Waals surface area contributed by atoms with Crippen LogP contribution in [0.2, 0.25) is 0 Å². The van der Waals surface area contributed by atoms with Crippen LogP contribution in [-0.2, 0) is 28.4 Å². The molecule has 7 heteroatoms. The van der Waals surface area contributed by atoms with E-state index in [4.69, 9.17) is 28.4 Å². The quantitative estimate of drug-likeness (QED) is 0.346. The number of ether oxygens (including phenoxy) is 6. The Morgan fingerprint density at radius 3 is 0.800 bits per heavy atom. The second-order valence-electron chi connectivity index (χ2n) is 5.24. The molecule has 0 aliphatic heterocycles. The molecule has 0 N–H and O–H groups in total. The first-order chi connectivity index (χ1) is 12.1. The Labute approximate surface area is 153 Å². The van der Waals surface area contributed by atoms with Crippen LogP contribution in [0, 0.1) is 0 Å². The molecule has 0 aromatic heterocycles. The molecule has 0 amide bonds. The molecule has 0 bridgehead atoms. The smallest absolute Gasteiger partial charge is 0.170 e. The Morgan fingerprint density at radius 2 is 0.640 bits per heavy atom. The molecule has 0 fully saturated rings. The molecule has 0 spiro atoms. The van der Waals surface area contributed by atoms with Crippen molar-refractivity contribution >= 4 is 0 Å². The maximum Gasteiger partial charge on any atom is 0.170 e. The molecule has 25 heavy (non-hydrogen) atoms. The normalized spacial score (nSPS) is 12.2. The summed E-state index contributed by atoms with van der Waals surface area (Å²) in [7, 11) is 0. The largest absolute Gasteiger partial charge is 0.352 e. The first-order valence-electron chi connectivity index (χ1n) is 9.56. The third-order valence-electron chi connectivity index (χ3n) is 3.34. The Balaban J connectivity index is 4.96. The highest BCUT2D eigenvalue weighted by Gasteiger charge is 2.23. The lowest BCUT2D eigenvalue weighted by atomic mass is 10.4. The standard InChI is InChI=1S/C18H39NO6/c1-7-20-16(21-8-2)13-19(14-17(22-9-3)23-10-4)15-18(24-11-5)25-12-6/h16-18H,7-15H2,1-6H3. The lowest BCUT2D eigenvalue weighted by Gasteiger charge is -2.32. The van der Waals surface area contributed by atoms with Gasteiger partial charge in [-0.1, -0.05) is 0 Å². The highest BCUT2D eigenvalue weighted by atomic mass is 16.7. The third-order valence-corrected chi connectivity index (χ3v) is 3.34. The van der Waals surface area contributed by atoms with Crippen molar-refractivity contribution in [3.63, 3.8) is 0 Å². The van der Waals surface area contributed by atoms with Crippen LogP contribution in [0.15, 0.2) is 0 Å². The second-order valence-corrected chi connectivity index (χ2v) is 5.24. The number of hydrogen-bond acceptors (Lipinski definition) is 7. The summed E-state index contributed by atoms with van der Waals surface area (Å²) >= 11 is 0. The van der Waals surface area contributed by atoms with Gasteiger partial charge < -0.3 is 28.4 Å². The minimum Gasteiger partial charge on any atom is -0.352 e. The van der Waals surface area contributed by atoms with Gasteiger partial charge in [0.05, 0.1) is 0 Å². The SMILES string of the molecule is CCOC(CN(CC(OCC)OCC)CC(OCC)OCC)OCC. The minimum atomic E-state index is -0.303. The van der Waals surface area contributed by atoms with Crippen molar-refractivity contribution in [3.8, 4) is 0 Å². The first-order valence-corrected chi connectivity index (χ1v) is 9.56. The highest BCUT2D eigenvalue weighted by Crippen LogP contribution is 2.08. The zero-order chi connectivity index (χ0) is 18.9. The van der Waals surface area contributed by atoms with Crippen LogP contribution in [0.3, 0.4) is 0 Å². The summed E-state index contributed by atoms with van der Waals surface area (Å²) in [5.41, 5.74) is 0. The highest BCUT2D eigenvalue weighted by molar-refractivity contribution is 4.66. The van der Waals surface area contributed by atoms with Crippen molar-refractivity contribution in [3.05, 3.63) is 0 Å². The van der Waals surface area contributed by atoms with Gasteiger partial charge in [-0.15, -0.1) is 0 Å². The molecule has 7 nitrogen and oxygen atoms in total. The van der Waals surface area contributed by atoms with E-state index in [-0.39, 0.29) is 18.9 Å². The summed E-state index contributed by atoms with van der Waals surface area (Å²) < 4.78 is 34.1. The topological polar surface area (TPSA) is 58.6 Å². The predicted octanol–water partition coefficient (Wildman–Crippen LogP) is 2.49. The molecule has 0 heterocycles. The maximum absolute atomic E-state index is 5.69. The average Bonchev–Trinajstić information content (AvgIpc) is 2.56. The fraction of sp³-hybridized carbons (Fsp3) is 1.00. The third kappa shape index (κ3) is 12.7. The fourth-order valence-corrected chi connectivity index (χ4v) is 2.43. The molecule has 0 aromatic rings. The lowest BCUT2D eigenvalue weighted by Crippen LogP contribution is -2.46. The summed E-state index contributed by atoms with van der Waals surface area (Å²) in [5, 5.41) is 0.